The summed E-state index contributed by atoms with van der Waals surface area (Å²) in [4.78, 5) is 28.1. The van der Waals surface area contributed by atoms with Crippen molar-refractivity contribution in [1.29, 1.82) is 0 Å². The molecule has 1 aliphatic heterocycles. The van der Waals surface area contributed by atoms with Crippen molar-refractivity contribution >= 4 is 39.7 Å². The molecule has 2 heterocycles. The smallest absolute Gasteiger partial charge is 0.302 e. The van der Waals surface area contributed by atoms with Crippen LogP contribution in [0.3, 0.4) is 0 Å². The van der Waals surface area contributed by atoms with Crippen molar-refractivity contribution < 1.29 is 14.0 Å². The van der Waals surface area contributed by atoms with Gasteiger partial charge in [-0.25, -0.2) is 14.4 Å². The van der Waals surface area contributed by atoms with Crippen molar-refractivity contribution in [3.8, 4) is 11.4 Å². The first kappa shape index (κ1) is 21.0. The Morgan fingerprint density at radius 3 is 2.77 bits per heavy atom. The summed E-state index contributed by atoms with van der Waals surface area (Å²) in [5.41, 5.74) is 4.02. The highest BCUT2D eigenvalue weighted by molar-refractivity contribution is 8.14. The predicted octanol–water partition coefficient (Wildman–Crippen LogP) is 3.78. The van der Waals surface area contributed by atoms with Gasteiger partial charge in [0.05, 0.1) is 28.5 Å². The molecule has 0 bridgehead atoms. The fraction of sp³-hybridized carbons (Fsp3) is 0.273. The predicted molar refractivity (Wildman–Crippen MR) is 120 cm³/mol. The molecule has 1 aliphatic rings. The molecule has 3 aromatic rings. The fourth-order valence-corrected chi connectivity index (χ4v) is 4.39. The van der Waals surface area contributed by atoms with E-state index in [1.165, 1.54) is 35.8 Å². The molecule has 2 aromatic carbocycles. The minimum absolute atomic E-state index is 0.117. The van der Waals surface area contributed by atoms with E-state index in [1.807, 2.05) is 42.8 Å². The van der Waals surface area contributed by atoms with Crippen LogP contribution in [0.15, 0.2) is 47.6 Å². The molecule has 1 unspecified atom stereocenters. The van der Waals surface area contributed by atoms with Crippen LogP contribution in [0.2, 0.25) is 0 Å². The number of nitrogens with zero attached hydrogens (tertiary/aromatic N) is 4. The number of aryl methyl sites for hydroxylation is 1. The Labute approximate surface area is 183 Å². The Balaban J connectivity index is 1.68. The number of benzene rings is 2. The van der Waals surface area contributed by atoms with Crippen molar-refractivity contribution in [1.82, 2.24) is 19.9 Å². The number of hydrazone groups is 1. The SMILES string of the molecule is CC(=O)NCCN1N=C(c2ccc3c(c2)nc(-c2cccc(F)c2)n3C)C(C)SC1=O. The van der Waals surface area contributed by atoms with Gasteiger partial charge in [0.25, 0.3) is 0 Å². The third-order valence-electron chi connectivity index (χ3n) is 5.06. The Hall–Kier alpha value is -3.20. The maximum atomic E-state index is 13.7. The molecule has 1 N–H and O–H groups in total. The van der Waals surface area contributed by atoms with Crippen molar-refractivity contribution in [2.75, 3.05) is 13.1 Å². The highest BCUT2D eigenvalue weighted by Gasteiger charge is 2.28. The minimum atomic E-state index is -0.309. The van der Waals surface area contributed by atoms with Crippen molar-refractivity contribution in [3.05, 3.63) is 53.8 Å². The second kappa shape index (κ2) is 8.50. The number of halogens is 1. The molecule has 0 spiro atoms. The molecule has 1 aromatic heterocycles. The Morgan fingerprint density at radius 2 is 2.03 bits per heavy atom. The highest BCUT2D eigenvalue weighted by atomic mass is 32.2. The number of hydrogen-bond acceptors (Lipinski definition) is 5. The molecule has 2 amide bonds. The van der Waals surface area contributed by atoms with Crippen LogP contribution in [-0.2, 0) is 11.8 Å². The van der Waals surface area contributed by atoms with Gasteiger partial charge < -0.3 is 9.88 Å². The highest BCUT2D eigenvalue weighted by Crippen LogP contribution is 2.29. The number of carbonyl (C=O) groups excluding carboxylic acids is 2. The van der Waals surface area contributed by atoms with E-state index in [9.17, 15) is 14.0 Å². The van der Waals surface area contributed by atoms with Gasteiger partial charge in [-0.2, -0.15) is 5.10 Å². The van der Waals surface area contributed by atoms with Gasteiger partial charge in [-0.3, -0.25) is 9.59 Å². The van der Waals surface area contributed by atoms with Crippen LogP contribution in [0.25, 0.3) is 22.4 Å². The lowest BCUT2D eigenvalue weighted by Crippen LogP contribution is -2.38. The molecule has 0 saturated carbocycles. The minimum Gasteiger partial charge on any atom is -0.354 e. The summed E-state index contributed by atoms with van der Waals surface area (Å²) in [5.74, 6) is 0.216. The van der Waals surface area contributed by atoms with Gasteiger partial charge >= 0.3 is 5.24 Å². The van der Waals surface area contributed by atoms with E-state index in [-0.39, 0.29) is 22.2 Å². The van der Waals surface area contributed by atoms with Crippen molar-refractivity contribution in [2.45, 2.75) is 19.1 Å². The lowest BCUT2D eigenvalue weighted by atomic mass is 10.1. The molecular formula is C22H22FN5O2S. The summed E-state index contributed by atoms with van der Waals surface area (Å²) in [7, 11) is 1.90. The zero-order chi connectivity index (χ0) is 22.1. The molecule has 0 fully saturated rings. The Morgan fingerprint density at radius 1 is 1.23 bits per heavy atom. The zero-order valence-corrected chi connectivity index (χ0v) is 18.2. The summed E-state index contributed by atoms with van der Waals surface area (Å²) in [6.45, 7) is 4.01. The van der Waals surface area contributed by atoms with Crippen molar-refractivity contribution in [3.63, 3.8) is 0 Å². The number of fused-ring (bicyclic) bond motifs is 1. The fourth-order valence-electron chi connectivity index (χ4n) is 3.54. The second-order valence-electron chi connectivity index (χ2n) is 7.33. The maximum absolute atomic E-state index is 13.7. The number of carbonyl (C=O) groups is 2. The molecule has 0 radical (unpaired) electrons. The molecule has 160 valence electrons. The van der Waals surface area contributed by atoms with E-state index in [4.69, 9.17) is 4.98 Å². The van der Waals surface area contributed by atoms with E-state index in [0.29, 0.717) is 24.5 Å². The summed E-state index contributed by atoms with van der Waals surface area (Å²) >= 11 is 1.20. The third-order valence-corrected chi connectivity index (χ3v) is 6.05. The number of nitrogens with one attached hydrogen (secondary N) is 1. The van der Waals surface area contributed by atoms with Gasteiger partial charge in [0.2, 0.25) is 5.91 Å². The van der Waals surface area contributed by atoms with Crippen LogP contribution in [0.4, 0.5) is 9.18 Å². The Bertz CT molecular complexity index is 1210. The van der Waals surface area contributed by atoms with Crippen molar-refractivity contribution in [2.24, 2.45) is 12.1 Å². The average Bonchev–Trinajstić information content (AvgIpc) is 3.05. The molecular weight excluding hydrogens is 417 g/mol. The molecule has 0 aliphatic carbocycles. The lowest BCUT2D eigenvalue weighted by molar-refractivity contribution is -0.118. The van der Waals surface area contributed by atoms with Crippen LogP contribution in [0, 0.1) is 5.82 Å². The van der Waals surface area contributed by atoms with E-state index in [2.05, 4.69) is 10.4 Å². The van der Waals surface area contributed by atoms with Gasteiger partial charge in [0.1, 0.15) is 11.6 Å². The summed E-state index contributed by atoms with van der Waals surface area (Å²) in [6, 6.07) is 12.2. The average molecular weight is 440 g/mol. The number of aromatic nitrogens is 2. The molecule has 0 saturated heterocycles. The van der Waals surface area contributed by atoms with E-state index in [0.717, 1.165) is 22.3 Å². The largest absolute Gasteiger partial charge is 0.354 e. The topological polar surface area (TPSA) is 79.6 Å². The van der Waals surface area contributed by atoms with Crippen LogP contribution < -0.4 is 5.32 Å². The summed E-state index contributed by atoms with van der Waals surface area (Å²) in [6.07, 6.45) is 0. The molecule has 4 rings (SSSR count). The number of rotatable bonds is 5. The van der Waals surface area contributed by atoms with Gasteiger partial charge in [-0.05, 0) is 31.2 Å². The van der Waals surface area contributed by atoms with Crippen LogP contribution in [0.1, 0.15) is 19.4 Å². The number of imidazole rings is 1. The molecule has 7 nitrogen and oxygen atoms in total. The lowest BCUT2D eigenvalue weighted by Gasteiger charge is -2.27. The van der Waals surface area contributed by atoms with E-state index >= 15 is 0 Å². The number of thioether (sulfide) groups is 1. The van der Waals surface area contributed by atoms with Crippen LogP contribution in [-0.4, -0.2) is 49.8 Å². The first-order valence-corrected chi connectivity index (χ1v) is 10.8. The summed E-state index contributed by atoms with van der Waals surface area (Å²) in [5, 5.41) is 8.37. The molecule has 9 heteroatoms. The van der Waals surface area contributed by atoms with E-state index < -0.39 is 0 Å². The van der Waals surface area contributed by atoms with Gasteiger partial charge in [0.15, 0.2) is 0 Å². The standard InChI is InChI=1S/C22H22FN5O2S/c1-13-20(26-28(22(30)31-13)10-9-24-14(2)29)15-7-8-19-18(12-15)25-21(27(19)3)16-5-4-6-17(23)11-16/h4-8,11-13H,9-10H2,1-3H3,(H,24,29). The number of hydrogen-bond donors (Lipinski definition) is 1. The van der Waals surface area contributed by atoms with E-state index in [1.54, 1.807) is 6.07 Å². The van der Waals surface area contributed by atoms with Crippen LogP contribution in [0.5, 0.6) is 0 Å². The first-order chi connectivity index (χ1) is 14.8. The monoisotopic (exact) mass is 439 g/mol. The second-order valence-corrected chi connectivity index (χ2v) is 8.62. The van der Waals surface area contributed by atoms with Gasteiger partial charge in [-0.15, -0.1) is 0 Å². The maximum Gasteiger partial charge on any atom is 0.302 e. The van der Waals surface area contributed by atoms with Gasteiger partial charge in [0, 0.05) is 31.6 Å². The zero-order valence-electron chi connectivity index (χ0n) is 17.4. The quantitative estimate of drug-likeness (QED) is 0.656. The third kappa shape index (κ3) is 4.32. The van der Waals surface area contributed by atoms with Gasteiger partial charge in [-0.1, -0.05) is 30.0 Å². The molecule has 1 atom stereocenters. The Kier molecular flexibility index (Phi) is 5.77. The van der Waals surface area contributed by atoms with Crippen LogP contribution >= 0.6 is 11.8 Å². The molecule has 31 heavy (non-hydrogen) atoms. The summed E-state index contributed by atoms with van der Waals surface area (Å²) < 4.78 is 15.6. The first-order valence-electron chi connectivity index (χ1n) is 9.87. The normalized spacial score (nSPS) is 16.5. The number of amides is 2.